The molecule has 2 atom stereocenters. The van der Waals surface area contributed by atoms with Crippen molar-refractivity contribution in [1.29, 1.82) is 0 Å². The molecule has 1 fully saturated rings. The van der Waals surface area contributed by atoms with Gasteiger partial charge in [-0.3, -0.25) is 4.90 Å². The second kappa shape index (κ2) is 11.6. The highest BCUT2D eigenvalue weighted by Crippen LogP contribution is 2.25. The van der Waals surface area contributed by atoms with E-state index in [4.69, 9.17) is 4.42 Å². The lowest BCUT2D eigenvalue weighted by Crippen LogP contribution is -2.43. The van der Waals surface area contributed by atoms with Gasteiger partial charge in [-0.25, -0.2) is 4.99 Å². The van der Waals surface area contributed by atoms with Gasteiger partial charge in [0.1, 0.15) is 11.4 Å². The first kappa shape index (κ1) is 23.7. The van der Waals surface area contributed by atoms with Crippen LogP contribution < -0.4 is 10.6 Å². The third-order valence-corrected chi connectivity index (χ3v) is 5.20. The number of nitrogens with zero attached hydrogens (tertiary/aromatic N) is 2. The van der Waals surface area contributed by atoms with Crippen molar-refractivity contribution in [2.45, 2.75) is 38.3 Å². The molecular weight excluding hydrogens is 479 g/mol. The summed E-state index contributed by atoms with van der Waals surface area (Å²) in [6.07, 6.45) is 4.19. The summed E-state index contributed by atoms with van der Waals surface area (Å²) in [7, 11) is 0. The van der Waals surface area contributed by atoms with Crippen LogP contribution in [0.1, 0.15) is 44.1 Å². The topological polar surface area (TPSA) is 73.0 Å². The van der Waals surface area contributed by atoms with Crippen molar-refractivity contribution in [3.8, 4) is 0 Å². The number of benzene rings is 1. The summed E-state index contributed by atoms with van der Waals surface area (Å²) in [6, 6.07) is 13.8. The van der Waals surface area contributed by atoms with Gasteiger partial charge in [-0.2, -0.15) is 0 Å². The number of likely N-dealkylation sites (tertiary alicyclic amines) is 1. The Morgan fingerprint density at radius 1 is 1.17 bits per heavy atom. The molecule has 1 aromatic carbocycles. The van der Waals surface area contributed by atoms with Crippen LogP contribution in [0, 0.1) is 0 Å². The highest BCUT2D eigenvalue weighted by Gasteiger charge is 2.26. The molecule has 0 radical (unpaired) electrons. The molecule has 0 spiro atoms. The van der Waals surface area contributed by atoms with Gasteiger partial charge in [-0.1, -0.05) is 30.3 Å². The van der Waals surface area contributed by atoms with Crippen molar-refractivity contribution in [3.05, 3.63) is 60.1 Å². The van der Waals surface area contributed by atoms with E-state index in [9.17, 15) is 5.11 Å². The molecular formula is C22H33IN4O2. The molecule has 0 amide bonds. The largest absolute Gasteiger partial charge is 0.468 e. The van der Waals surface area contributed by atoms with Crippen molar-refractivity contribution in [3.63, 3.8) is 0 Å². The lowest BCUT2D eigenvalue weighted by molar-refractivity contribution is 0.0672. The average molecular weight is 512 g/mol. The summed E-state index contributed by atoms with van der Waals surface area (Å²) in [5.41, 5.74) is -0.154. The minimum atomic E-state index is -1.01. The zero-order chi connectivity index (χ0) is 19.8. The van der Waals surface area contributed by atoms with E-state index in [1.807, 2.05) is 49.4 Å². The van der Waals surface area contributed by atoms with Gasteiger partial charge in [-0.05, 0) is 57.5 Å². The van der Waals surface area contributed by atoms with Crippen LogP contribution >= 0.6 is 24.0 Å². The Hall–Kier alpha value is -1.58. The van der Waals surface area contributed by atoms with Crippen molar-refractivity contribution in [2.75, 3.05) is 32.7 Å². The van der Waals surface area contributed by atoms with E-state index in [2.05, 4.69) is 20.5 Å². The fourth-order valence-corrected chi connectivity index (χ4v) is 3.60. The molecule has 2 aromatic rings. The van der Waals surface area contributed by atoms with Crippen LogP contribution in [-0.4, -0.2) is 48.7 Å². The standard InChI is InChI=1S/C22H32N4O2.HI/c1-3-23-21(25-17-22(2,27)18-10-5-4-6-11-18)24-16-19(20-12-9-15-28-20)26-13-7-8-14-26;/h4-6,9-12,15,19,27H,3,7-8,13-14,16-17H2,1-2H3,(H2,23,24,25);1H. The lowest BCUT2D eigenvalue weighted by atomic mass is 9.96. The van der Waals surface area contributed by atoms with Crippen LogP contribution in [0.4, 0.5) is 0 Å². The predicted octanol–water partition coefficient (Wildman–Crippen LogP) is 3.50. The first-order chi connectivity index (χ1) is 13.6. The van der Waals surface area contributed by atoms with Gasteiger partial charge in [-0.15, -0.1) is 24.0 Å². The number of hydrogen-bond donors (Lipinski definition) is 3. The zero-order valence-electron chi connectivity index (χ0n) is 17.3. The molecule has 3 rings (SSSR count). The molecule has 2 heterocycles. The fraction of sp³-hybridized carbons (Fsp3) is 0.500. The van der Waals surface area contributed by atoms with E-state index in [1.165, 1.54) is 12.8 Å². The monoisotopic (exact) mass is 512 g/mol. The van der Waals surface area contributed by atoms with Crippen LogP contribution in [-0.2, 0) is 5.60 Å². The lowest BCUT2D eigenvalue weighted by Gasteiger charge is -2.27. The van der Waals surface area contributed by atoms with Gasteiger partial charge in [0, 0.05) is 13.1 Å². The first-order valence-electron chi connectivity index (χ1n) is 10.2. The maximum absolute atomic E-state index is 10.8. The van der Waals surface area contributed by atoms with Crippen molar-refractivity contribution >= 4 is 29.9 Å². The Morgan fingerprint density at radius 3 is 2.52 bits per heavy atom. The van der Waals surface area contributed by atoms with E-state index in [-0.39, 0.29) is 36.6 Å². The molecule has 29 heavy (non-hydrogen) atoms. The molecule has 6 nitrogen and oxygen atoms in total. The number of hydrogen-bond acceptors (Lipinski definition) is 4. The summed E-state index contributed by atoms with van der Waals surface area (Å²) >= 11 is 0. The zero-order valence-corrected chi connectivity index (χ0v) is 19.6. The van der Waals surface area contributed by atoms with E-state index in [0.29, 0.717) is 12.5 Å². The number of rotatable bonds is 8. The Morgan fingerprint density at radius 2 is 1.90 bits per heavy atom. The second-order valence-electron chi connectivity index (χ2n) is 7.49. The number of aliphatic hydroxyl groups is 1. The van der Waals surface area contributed by atoms with E-state index < -0.39 is 5.60 Å². The number of furan rings is 1. The molecule has 2 unspecified atom stereocenters. The summed E-state index contributed by atoms with van der Waals surface area (Å²) < 4.78 is 5.69. The van der Waals surface area contributed by atoms with Crippen LogP contribution in [0.2, 0.25) is 0 Å². The van der Waals surface area contributed by atoms with E-state index in [0.717, 1.165) is 31.0 Å². The van der Waals surface area contributed by atoms with Gasteiger partial charge >= 0.3 is 0 Å². The van der Waals surface area contributed by atoms with Gasteiger partial charge in [0.25, 0.3) is 0 Å². The minimum absolute atomic E-state index is 0. The molecule has 1 aliphatic rings. The second-order valence-corrected chi connectivity index (χ2v) is 7.49. The van der Waals surface area contributed by atoms with Crippen LogP contribution in [0.5, 0.6) is 0 Å². The molecule has 7 heteroatoms. The highest BCUT2D eigenvalue weighted by atomic mass is 127. The Bertz CT molecular complexity index is 729. The van der Waals surface area contributed by atoms with Gasteiger partial charge in [0.05, 0.1) is 18.8 Å². The normalized spacial score (nSPS) is 18.0. The summed E-state index contributed by atoms with van der Waals surface area (Å²) in [4.78, 5) is 7.09. The molecule has 3 N–H and O–H groups in total. The molecule has 0 saturated carbocycles. The predicted molar refractivity (Wildman–Crippen MR) is 128 cm³/mol. The van der Waals surface area contributed by atoms with Crippen LogP contribution in [0.3, 0.4) is 0 Å². The van der Waals surface area contributed by atoms with Gasteiger partial charge < -0.3 is 20.2 Å². The Kier molecular flexibility index (Phi) is 9.45. The molecule has 0 aliphatic carbocycles. The fourth-order valence-electron chi connectivity index (χ4n) is 3.60. The maximum atomic E-state index is 10.8. The highest BCUT2D eigenvalue weighted by molar-refractivity contribution is 14.0. The summed E-state index contributed by atoms with van der Waals surface area (Å²) in [5, 5.41) is 17.5. The first-order valence-corrected chi connectivity index (χ1v) is 10.2. The molecule has 1 aromatic heterocycles. The number of guanidine groups is 1. The smallest absolute Gasteiger partial charge is 0.191 e. The number of aliphatic imine (C=N–C) groups is 1. The van der Waals surface area contributed by atoms with Crippen LogP contribution in [0.15, 0.2) is 58.1 Å². The van der Waals surface area contributed by atoms with Crippen molar-refractivity contribution in [2.24, 2.45) is 4.99 Å². The Labute approximate surface area is 190 Å². The van der Waals surface area contributed by atoms with Gasteiger partial charge in [0.15, 0.2) is 5.96 Å². The third-order valence-electron chi connectivity index (χ3n) is 5.20. The third kappa shape index (κ3) is 6.72. The van der Waals surface area contributed by atoms with E-state index >= 15 is 0 Å². The molecule has 1 aliphatic heterocycles. The van der Waals surface area contributed by atoms with Gasteiger partial charge in [0.2, 0.25) is 0 Å². The van der Waals surface area contributed by atoms with Crippen LogP contribution in [0.25, 0.3) is 0 Å². The Balaban J connectivity index is 0.00000300. The number of nitrogens with one attached hydrogen (secondary N) is 2. The van der Waals surface area contributed by atoms with E-state index in [1.54, 1.807) is 13.2 Å². The van der Waals surface area contributed by atoms with Crippen molar-refractivity contribution < 1.29 is 9.52 Å². The molecule has 1 saturated heterocycles. The molecule has 160 valence electrons. The van der Waals surface area contributed by atoms with Crippen molar-refractivity contribution in [1.82, 2.24) is 15.5 Å². The minimum Gasteiger partial charge on any atom is -0.468 e. The SMILES string of the molecule is CCNC(=NCC(C)(O)c1ccccc1)NCC(c1ccco1)N1CCCC1.I. The summed E-state index contributed by atoms with van der Waals surface area (Å²) in [5.74, 6) is 1.68. The maximum Gasteiger partial charge on any atom is 0.191 e. The summed E-state index contributed by atoms with van der Waals surface area (Å²) in [6.45, 7) is 7.75. The molecule has 0 bridgehead atoms. The quantitative estimate of drug-likeness (QED) is 0.287. The number of halogens is 1. The average Bonchev–Trinajstić information content (AvgIpc) is 3.42.